The van der Waals surface area contributed by atoms with Crippen LogP contribution in [0.1, 0.15) is 25.3 Å². The zero-order chi connectivity index (χ0) is 13.5. The average molecular weight is 327 g/mol. The Morgan fingerprint density at radius 2 is 2.21 bits per heavy atom. The fourth-order valence-corrected chi connectivity index (χ4v) is 2.80. The summed E-state index contributed by atoms with van der Waals surface area (Å²) in [6.45, 7) is 7.98. The molecule has 0 aliphatic carbocycles. The Balaban J connectivity index is 2.12. The molecule has 0 bridgehead atoms. The van der Waals surface area contributed by atoms with E-state index in [9.17, 15) is 0 Å². The lowest BCUT2D eigenvalue weighted by atomic mass is 10.1. The second-order valence-corrected chi connectivity index (χ2v) is 5.82. The van der Waals surface area contributed by atoms with Crippen molar-refractivity contribution in [2.45, 2.75) is 26.3 Å². The lowest BCUT2D eigenvalue weighted by Crippen LogP contribution is -2.28. The standard InChI is InChI=1S/C15H23BrN2O/c1-2-6-17-12-13-11-14(16)4-5-15(13)18-7-3-9-19-10-8-18/h4-5,11,17H,2-3,6-10,12H2,1H3. The molecule has 0 unspecified atom stereocenters. The molecule has 1 aliphatic rings. The van der Waals surface area contributed by atoms with Crippen LogP contribution in [-0.4, -0.2) is 32.8 Å². The van der Waals surface area contributed by atoms with Gasteiger partial charge in [-0.05, 0) is 43.1 Å². The third-order valence-electron chi connectivity index (χ3n) is 3.35. The van der Waals surface area contributed by atoms with Gasteiger partial charge in [-0.3, -0.25) is 0 Å². The second-order valence-electron chi connectivity index (χ2n) is 4.90. The molecule has 106 valence electrons. The fourth-order valence-electron chi connectivity index (χ4n) is 2.39. The first kappa shape index (κ1) is 14.8. The van der Waals surface area contributed by atoms with Crippen molar-refractivity contribution in [1.82, 2.24) is 5.32 Å². The Bertz CT molecular complexity index is 390. The first-order valence-electron chi connectivity index (χ1n) is 7.13. The van der Waals surface area contributed by atoms with E-state index in [-0.39, 0.29) is 0 Å². The topological polar surface area (TPSA) is 24.5 Å². The molecule has 0 aromatic heterocycles. The van der Waals surface area contributed by atoms with E-state index in [4.69, 9.17) is 4.74 Å². The number of nitrogens with zero attached hydrogens (tertiary/aromatic N) is 1. The molecule has 1 aromatic carbocycles. The maximum atomic E-state index is 5.54. The summed E-state index contributed by atoms with van der Waals surface area (Å²) in [5.41, 5.74) is 2.71. The van der Waals surface area contributed by atoms with Crippen LogP contribution >= 0.6 is 15.9 Å². The van der Waals surface area contributed by atoms with Crippen molar-refractivity contribution in [2.75, 3.05) is 37.7 Å². The Morgan fingerprint density at radius 1 is 1.32 bits per heavy atom. The minimum absolute atomic E-state index is 0.831. The van der Waals surface area contributed by atoms with Crippen LogP contribution in [0.2, 0.25) is 0 Å². The zero-order valence-corrected chi connectivity index (χ0v) is 13.2. The molecule has 2 rings (SSSR count). The predicted molar refractivity (Wildman–Crippen MR) is 83.8 cm³/mol. The van der Waals surface area contributed by atoms with Gasteiger partial charge in [0.1, 0.15) is 0 Å². The molecule has 3 nitrogen and oxygen atoms in total. The van der Waals surface area contributed by atoms with Crippen LogP contribution in [0.25, 0.3) is 0 Å². The van der Waals surface area contributed by atoms with E-state index < -0.39 is 0 Å². The van der Waals surface area contributed by atoms with Crippen LogP contribution in [-0.2, 0) is 11.3 Å². The summed E-state index contributed by atoms with van der Waals surface area (Å²) in [5, 5.41) is 3.49. The number of halogens is 1. The Hall–Kier alpha value is -0.580. The van der Waals surface area contributed by atoms with Crippen LogP contribution in [0.3, 0.4) is 0 Å². The van der Waals surface area contributed by atoms with Crippen molar-refractivity contribution < 1.29 is 4.74 Å². The van der Waals surface area contributed by atoms with Gasteiger partial charge < -0.3 is 15.0 Å². The molecule has 0 radical (unpaired) electrons. The predicted octanol–water partition coefficient (Wildman–Crippen LogP) is 3.18. The largest absolute Gasteiger partial charge is 0.380 e. The average Bonchev–Trinajstić information content (AvgIpc) is 2.68. The number of benzene rings is 1. The molecule has 1 heterocycles. The molecule has 1 N–H and O–H groups in total. The summed E-state index contributed by atoms with van der Waals surface area (Å²) in [6, 6.07) is 6.58. The number of rotatable bonds is 5. The van der Waals surface area contributed by atoms with Gasteiger partial charge in [-0.1, -0.05) is 22.9 Å². The minimum atomic E-state index is 0.831. The summed E-state index contributed by atoms with van der Waals surface area (Å²) >= 11 is 3.57. The number of hydrogen-bond donors (Lipinski definition) is 1. The molecule has 1 aliphatic heterocycles. The minimum Gasteiger partial charge on any atom is -0.380 e. The summed E-state index contributed by atoms with van der Waals surface area (Å²) < 4.78 is 6.69. The van der Waals surface area contributed by atoms with Crippen LogP contribution in [0.15, 0.2) is 22.7 Å². The molecule has 0 atom stereocenters. The van der Waals surface area contributed by atoms with Crippen molar-refractivity contribution in [2.24, 2.45) is 0 Å². The molecule has 4 heteroatoms. The highest BCUT2D eigenvalue weighted by atomic mass is 79.9. The van der Waals surface area contributed by atoms with Gasteiger partial charge in [0.05, 0.1) is 6.61 Å². The third-order valence-corrected chi connectivity index (χ3v) is 3.84. The Labute approximate surface area is 124 Å². The highest BCUT2D eigenvalue weighted by Gasteiger charge is 2.13. The quantitative estimate of drug-likeness (QED) is 0.841. The van der Waals surface area contributed by atoms with Crippen LogP contribution in [0.4, 0.5) is 5.69 Å². The van der Waals surface area contributed by atoms with Crippen LogP contribution in [0.5, 0.6) is 0 Å². The van der Waals surface area contributed by atoms with Gasteiger partial charge in [0.2, 0.25) is 0 Å². The fraction of sp³-hybridized carbons (Fsp3) is 0.600. The van der Waals surface area contributed by atoms with E-state index in [2.05, 4.69) is 51.3 Å². The van der Waals surface area contributed by atoms with Gasteiger partial charge in [0.15, 0.2) is 0 Å². The molecular formula is C15H23BrN2O. The van der Waals surface area contributed by atoms with Gasteiger partial charge >= 0.3 is 0 Å². The van der Waals surface area contributed by atoms with Crippen molar-refractivity contribution in [1.29, 1.82) is 0 Å². The molecule has 1 fully saturated rings. The first-order chi connectivity index (χ1) is 9.31. The second kappa shape index (κ2) is 7.88. The van der Waals surface area contributed by atoms with Crippen molar-refractivity contribution in [3.05, 3.63) is 28.2 Å². The van der Waals surface area contributed by atoms with E-state index in [1.54, 1.807) is 0 Å². The molecule has 19 heavy (non-hydrogen) atoms. The first-order valence-corrected chi connectivity index (χ1v) is 7.92. The molecular weight excluding hydrogens is 304 g/mol. The summed E-state index contributed by atoms with van der Waals surface area (Å²) in [4.78, 5) is 2.45. The summed E-state index contributed by atoms with van der Waals surface area (Å²) in [6.07, 6.45) is 2.28. The van der Waals surface area contributed by atoms with E-state index in [1.165, 1.54) is 17.7 Å². The van der Waals surface area contributed by atoms with E-state index in [0.717, 1.165) is 50.3 Å². The molecule has 1 saturated heterocycles. The number of nitrogens with one attached hydrogen (secondary N) is 1. The molecule has 0 saturated carbocycles. The summed E-state index contributed by atoms with van der Waals surface area (Å²) in [5.74, 6) is 0. The van der Waals surface area contributed by atoms with Gasteiger partial charge in [-0.25, -0.2) is 0 Å². The van der Waals surface area contributed by atoms with Crippen molar-refractivity contribution >= 4 is 21.6 Å². The molecule has 0 amide bonds. The van der Waals surface area contributed by atoms with Gasteiger partial charge in [-0.2, -0.15) is 0 Å². The number of hydrogen-bond acceptors (Lipinski definition) is 3. The van der Waals surface area contributed by atoms with Crippen molar-refractivity contribution in [3.8, 4) is 0 Å². The SMILES string of the molecule is CCCNCc1cc(Br)ccc1N1CCCOCC1. The third kappa shape index (κ3) is 4.48. The lowest BCUT2D eigenvalue weighted by molar-refractivity contribution is 0.152. The molecule has 1 aromatic rings. The maximum Gasteiger partial charge on any atom is 0.0641 e. The smallest absolute Gasteiger partial charge is 0.0641 e. The van der Waals surface area contributed by atoms with Gasteiger partial charge in [0, 0.05) is 36.4 Å². The van der Waals surface area contributed by atoms with E-state index >= 15 is 0 Å². The van der Waals surface area contributed by atoms with Gasteiger partial charge in [0.25, 0.3) is 0 Å². The van der Waals surface area contributed by atoms with Crippen LogP contribution in [0, 0.1) is 0 Å². The summed E-state index contributed by atoms with van der Waals surface area (Å²) in [7, 11) is 0. The highest BCUT2D eigenvalue weighted by Crippen LogP contribution is 2.25. The highest BCUT2D eigenvalue weighted by molar-refractivity contribution is 9.10. The Kier molecular flexibility index (Phi) is 6.14. The maximum absolute atomic E-state index is 5.54. The van der Waals surface area contributed by atoms with Gasteiger partial charge in [-0.15, -0.1) is 0 Å². The normalized spacial score (nSPS) is 16.4. The van der Waals surface area contributed by atoms with Crippen molar-refractivity contribution in [3.63, 3.8) is 0 Å². The number of anilines is 1. The van der Waals surface area contributed by atoms with E-state index in [0.29, 0.717) is 0 Å². The zero-order valence-electron chi connectivity index (χ0n) is 11.6. The Morgan fingerprint density at radius 3 is 3.05 bits per heavy atom. The van der Waals surface area contributed by atoms with E-state index in [1.807, 2.05) is 0 Å². The van der Waals surface area contributed by atoms with Crippen LogP contribution < -0.4 is 10.2 Å². The monoisotopic (exact) mass is 326 g/mol. The molecule has 0 spiro atoms. The number of ether oxygens (including phenoxy) is 1. The lowest BCUT2D eigenvalue weighted by Gasteiger charge is -2.25.